The molecule has 0 atom stereocenters. The van der Waals surface area contributed by atoms with Crippen LogP contribution in [0, 0.1) is 0 Å². The molecular formula is C17H14N6O2S2. The quantitative estimate of drug-likeness (QED) is 0.499. The highest BCUT2D eigenvalue weighted by atomic mass is 32.2. The molecule has 136 valence electrons. The van der Waals surface area contributed by atoms with E-state index in [0.717, 1.165) is 10.2 Å². The lowest BCUT2D eigenvalue weighted by atomic mass is 10.3. The van der Waals surface area contributed by atoms with Crippen LogP contribution in [0.5, 0.6) is 5.75 Å². The average Bonchev–Trinajstić information content (AvgIpc) is 3.32. The van der Waals surface area contributed by atoms with Gasteiger partial charge in [-0.2, -0.15) is 4.68 Å². The summed E-state index contributed by atoms with van der Waals surface area (Å²) in [6.45, 7) is 0. The number of para-hydroxylation sites is 3. The molecule has 27 heavy (non-hydrogen) atoms. The lowest BCUT2D eigenvalue weighted by molar-refractivity contribution is -0.113. The first-order valence-corrected chi connectivity index (χ1v) is 9.75. The van der Waals surface area contributed by atoms with Crippen molar-refractivity contribution in [1.29, 1.82) is 0 Å². The van der Waals surface area contributed by atoms with Gasteiger partial charge < -0.3 is 10.1 Å². The highest BCUT2D eigenvalue weighted by molar-refractivity contribution is 7.99. The van der Waals surface area contributed by atoms with Crippen LogP contribution in [0.25, 0.3) is 15.9 Å². The monoisotopic (exact) mass is 398 g/mol. The first kappa shape index (κ1) is 17.4. The third-order valence-corrected chi connectivity index (χ3v) is 5.50. The lowest BCUT2D eigenvalue weighted by Crippen LogP contribution is -2.14. The summed E-state index contributed by atoms with van der Waals surface area (Å²) in [5.41, 5.74) is 1.57. The molecule has 0 aliphatic heterocycles. The van der Waals surface area contributed by atoms with Gasteiger partial charge in [-0.15, -0.1) is 5.10 Å². The molecule has 4 rings (SSSR count). The molecule has 2 aromatic carbocycles. The minimum absolute atomic E-state index is 0.158. The largest absolute Gasteiger partial charge is 0.494 e. The lowest BCUT2D eigenvalue weighted by Gasteiger charge is -2.08. The number of benzene rings is 2. The standard InChI is InChI=1S/C17H14N6O2S2/c1-25-13-8-4-3-7-12(13)23-17(20-21-22-23)26-10-15(24)19-16-18-11-6-2-5-9-14(11)27-16/h2-9H,10H2,1H3,(H,18,19,24). The Morgan fingerprint density at radius 3 is 2.89 bits per heavy atom. The van der Waals surface area contributed by atoms with Crippen molar-refractivity contribution in [2.45, 2.75) is 5.16 Å². The predicted molar refractivity (Wildman–Crippen MR) is 105 cm³/mol. The molecule has 2 aromatic heterocycles. The van der Waals surface area contributed by atoms with E-state index in [0.29, 0.717) is 21.7 Å². The van der Waals surface area contributed by atoms with Gasteiger partial charge in [-0.3, -0.25) is 4.79 Å². The number of nitrogens with one attached hydrogen (secondary N) is 1. The summed E-state index contributed by atoms with van der Waals surface area (Å²) in [5, 5.41) is 15.6. The summed E-state index contributed by atoms with van der Waals surface area (Å²) in [6.07, 6.45) is 0. The maximum Gasteiger partial charge on any atom is 0.236 e. The van der Waals surface area contributed by atoms with Gasteiger partial charge in [-0.05, 0) is 34.7 Å². The Labute approximate surface area is 162 Å². The number of thiazole rings is 1. The third kappa shape index (κ3) is 3.76. The Hall–Kier alpha value is -2.98. The number of carbonyl (C=O) groups is 1. The zero-order valence-electron chi connectivity index (χ0n) is 14.2. The number of tetrazole rings is 1. The Morgan fingerprint density at radius 1 is 1.22 bits per heavy atom. The zero-order chi connectivity index (χ0) is 18.6. The van der Waals surface area contributed by atoms with E-state index in [2.05, 4.69) is 25.8 Å². The normalized spacial score (nSPS) is 10.9. The average molecular weight is 398 g/mol. The molecule has 0 saturated heterocycles. The molecule has 10 heteroatoms. The molecule has 4 aromatic rings. The van der Waals surface area contributed by atoms with Crippen LogP contribution < -0.4 is 10.1 Å². The Bertz CT molecular complexity index is 1060. The summed E-state index contributed by atoms with van der Waals surface area (Å²) in [5.74, 6) is 0.630. The van der Waals surface area contributed by atoms with Crippen molar-refractivity contribution in [3.8, 4) is 11.4 Å². The number of carbonyl (C=O) groups excluding carboxylic acids is 1. The minimum Gasteiger partial charge on any atom is -0.494 e. The van der Waals surface area contributed by atoms with Gasteiger partial charge in [0.1, 0.15) is 11.4 Å². The Kier molecular flexibility index (Phi) is 4.99. The molecule has 0 spiro atoms. The van der Waals surface area contributed by atoms with E-state index in [1.54, 1.807) is 11.8 Å². The van der Waals surface area contributed by atoms with E-state index in [1.807, 2.05) is 48.5 Å². The number of hydrogen-bond donors (Lipinski definition) is 1. The fraction of sp³-hybridized carbons (Fsp3) is 0.118. The molecule has 0 aliphatic carbocycles. The summed E-state index contributed by atoms with van der Waals surface area (Å²) in [4.78, 5) is 16.7. The topological polar surface area (TPSA) is 94.8 Å². The predicted octanol–water partition coefficient (Wildman–Crippen LogP) is 3.01. The fourth-order valence-electron chi connectivity index (χ4n) is 2.44. The van der Waals surface area contributed by atoms with Crippen LogP contribution in [0.15, 0.2) is 53.7 Å². The number of anilines is 1. The maximum atomic E-state index is 12.3. The van der Waals surface area contributed by atoms with Gasteiger partial charge in [-0.25, -0.2) is 4.98 Å². The van der Waals surface area contributed by atoms with Crippen molar-refractivity contribution in [2.75, 3.05) is 18.2 Å². The van der Waals surface area contributed by atoms with Crippen molar-refractivity contribution in [2.24, 2.45) is 0 Å². The molecule has 1 N–H and O–H groups in total. The first-order chi connectivity index (χ1) is 13.2. The van der Waals surface area contributed by atoms with Crippen molar-refractivity contribution in [1.82, 2.24) is 25.2 Å². The first-order valence-electron chi connectivity index (χ1n) is 7.94. The van der Waals surface area contributed by atoms with Gasteiger partial charge in [0.25, 0.3) is 0 Å². The summed E-state index contributed by atoms with van der Waals surface area (Å²) < 4.78 is 7.92. The second kappa shape index (κ2) is 7.72. The highest BCUT2D eigenvalue weighted by Gasteiger charge is 2.15. The molecule has 0 unspecified atom stereocenters. The number of ether oxygens (including phenoxy) is 1. The van der Waals surface area contributed by atoms with Gasteiger partial charge in [0.05, 0.1) is 23.1 Å². The number of nitrogens with zero attached hydrogens (tertiary/aromatic N) is 5. The van der Waals surface area contributed by atoms with Crippen LogP contribution >= 0.6 is 23.1 Å². The van der Waals surface area contributed by atoms with E-state index < -0.39 is 0 Å². The number of rotatable bonds is 6. The highest BCUT2D eigenvalue weighted by Crippen LogP contribution is 2.27. The summed E-state index contributed by atoms with van der Waals surface area (Å²) >= 11 is 2.68. The minimum atomic E-state index is -0.173. The van der Waals surface area contributed by atoms with Gasteiger partial charge in [0.15, 0.2) is 5.13 Å². The van der Waals surface area contributed by atoms with Crippen LogP contribution in [0.1, 0.15) is 0 Å². The van der Waals surface area contributed by atoms with Crippen LogP contribution in [0.2, 0.25) is 0 Å². The van der Waals surface area contributed by atoms with Crippen LogP contribution in [0.4, 0.5) is 5.13 Å². The van der Waals surface area contributed by atoms with Crippen LogP contribution in [0.3, 0.4) is 0 Å². The van der Waals surface area contributed by atoms with Crippen LogP contribution in [-0.2, 0) is 4.79 Å². The molecule has 1 amide bonds. The second-order valence-electron chi connectivity index (χ2n) is 5.37. The Balaban J connectivity index is 1.45. The van der Waals surface area contributed by atoms with E-state index in [4.69, 9.17) is 4.74 Å². The van der Waals surface area contributed by atoms with Gasteiger partial charge >= 0.3 is 0 Å². The zero-order valence-corrected chi connectivity index (χ0v) is 15.8. The molecule has 8 nitrogen and oxygen atoms in total. The number of methoxy groups -OCH3 is 1. The van der Waals surface area contributed by atoms with E-state index in [9.17, 15) is 4.79 Å². The molecule has 2 heterocycles. The van der Waals surface area contributed by atoms with E-state index in [1.165, 1.54) is 23.1 Å². The van der Waals surface area contributed by atoms with E-state index >= 15 is 0 Å². The number of thioether (sulfide) groups is 1. The smallest absolute Gasteiger partial charge is 0.236 e. The molecule has 0 saturated carbocycles. The van der Waals surface area contributed by atoms with Crippen molar-refractivity contribution >= 4 is 44.4 Å². The molecule has 0 bridgehead atoms. The number of hydrogen-bond acceptors (Lipinski definition) is 8. The molecule has 0 radical (unpaired) electrons. The number of aromatic nitrogens is 5. The van der Waals surface area contributed by atoms with Crippen LogP contribution in [-0.4, -0.2) is 44.0 Å². The second-order valence-corrected chi connectivity index (χ2v) is 7.34. The summed E-state index contributed by atoms with van der Waals surface area (Å²) in [7, 11) is 1.58. The Morgan fingerprint density at radius 2 is 2.04 bits per heavy atom. The number of fused-ring (bicyclic) bond motifs is 1. The molecular weight excluding hydrogens is 384 g/mol. The van der Waals surface area contributed by atoms with Crippen molar-refractivity contribution in [3.05, 3.63) is 48.5 Å². The third-order valence-electron chi connectivity index (χ3n) is 3.63. The summed E-state index contributed by atoms with van der Waals surface area (Å²) in [6, 6.07) is 15.2. The number of amides is 1. The molecule has 0 aliphatic rings. The fourth-order valence-corrected chi connectivity index (χ4v) is 4.00. The van der Waals surface area contributed by atoms with Crippen molar-refractivity contribution in [3.63, 3.8) is 0 Å². The SMILES string of the molecule is COc1ccccc1-n1nnnc1SCC(=O)Nc1nc2ccccc2s1. The van der Waals surface area contributed by atoms with Gasteiger partial charge in [0.2, 0.25) is 11.1 Å². The molecule has 0 fully saturated rings. The van der Waals surface area contributed by atoms with Gasteiger partial charge in [-0.1, -0.05) is 47.4 Å². The maximum absolute atomic E-state index is 12.3. The van der Waals surface area contributed by atoms with E-state index in [-0.39, 0.29) is 11.7 Å². The van der Waals surface area contributed by atoms with Crippen molar-refractivity contribution < 1.29 is 9.53 Å². The van der Waals surface area contributed by atoms with Gasteiger partial charge in [0, 0.05) is 0 Å².